The van der Waals surface area contributed by atoms with Gasteiger partial charge in [0.05, 0.1) is 0 Å². The van der Waals surface area contributed by atoms with Gasteiger partial charge in [0.2, 0.25) is 0 Å². The van der Waals surface area contributed by atoms with Gasteiger partial charge in [0, 0.05) is 30.1 Å². The molecule has 180 valence electrons. The van der Waals surface area contributed by atoms with Crippen LogP contribution in [-0.2, 0) is 9.53 Å². The van der Waals surface area contributed by atoms with Gasteiger partial charge in [0.1, 0.15) is 6.61 Å². The summed E-state index contributed by atoms with van der Waals surface area (Å²) in [6.45, 7) is 2.44. The molecule has 0 saturated carbocycles. The van der Waals surface area contributed by atoms with Gasteiger partial charge in [0.25, 0.3) is 5.91 Å². The topological polar surface area (TPSA) is 105 Å². The first kappa shape index (κ1) is 24.0. The zero-order valence-electron chi connectivity index (χ0n) is 19.5. The van der Waals surface area contributed by atoms with Gasteiger partial charge in [-0.3, -0.25) is 14.9 Å². The molecule has 3 aromatic carbocycles. The average molecular weight is 473 g/mol. The van der Waals surface area contributed by atoms with Crippen LogP contribution in [0.15, 0.2) is 66.7 Å². The first-order valence-electron chi connectivity index (χ1n) is 11.7. The molecule has 0 saturated heterocycles. The molecular weight excluding hydrogens is 444 g/mol. The minimum absolute atomic E-state index is 0.0178. The first-order chi connectivity index (χ1) is 16.9. The number of unbranched alkanes of at least 4 members (excludes halogenated alkanes) is 1. The molecule has 4 rings (SSSR count). The van der Waals surface area contributed by atoms with Crippen LogP contribution >= 0.6 is 0 Å². The average Bonchev–Trinajstić information content (AvgIpc) is 3.17. The summed E-state index contributed by atoms with van der Waals surface area (Å²) in [5.74, 6) is -1.10. The van der Waals surface area contributed by atoms with E-state index in [4.69, 9.17) is 9.84 Å². The van der Waals surface area contributed by atoms with E-state index in [2.05, 4.69) is 34.9 Å². The lowest BCUT2D eigenvalue weighted by atomic mass is 9.98. The number of hydrogen-bond acceptors (Lipinski definition) is 4. The van der Waals surface area contributed by atoms with Crippen LogP contribution in [0.5, 0.6) is 0 Å². The standard InChI is InChI=1S/C28H28N2O5/c1-18-16-19(27(33)29-15-7-6-12-26(31)32)13-14-25(18)30-28(34)35-17-24-22-10-4-2-8-20(22)21-9-3-5-11-23(21)24/h2-5,8-11,13-14,16,24H,6-7,12,15,17H2,1H3,(H,29,33)(H,30,34)(H,31,32). The van der Waals surface area contributed by atoms with Gasteiger partial charge < -0.3 is 15.2 Å². The highest BCUT2D eigenvalue weighted by Gasteiger charge is 2.29. The van der Waals surface area contributed by atoms with Crippen molar-refractivity contribution in [3.05, 3.63) is 89.0 Å². The van der Waals surface area contributed by atoms with Crippen molar-refractivity contribution >= 4 is 23.7 Å². The van der Waals surface area contributed by atoms with Crippen molar-refractivity contribution in [1.82, 2.24) is 5.32 Å². The lowest BCUT2D eigenvalue weighted by Crippen LogP contribution is -2.24. The van der Waals surface area contributed by atoms with Crippen LogP contribution in [0, 0.1) is 6.92 Å². The maximum Gasteiger partial charge on any atom is 0.411 e. The first-order valence-corrected chi connectivity index (χ1v) is 11.7. The molecule has 0 aliphatic heterocycles. The molecule has 1 aliphatic carbocycles. The number of nitrogens with one attached hydrogen (secondary N) is 2. The summed E-state index contributed by atoms with van der Waals surface area (Å²) in [7, 11) is 0. The summed E-state index contributed by atoms with van der Waals surface area (Å²) in [4.78, 5) is 35.4. The van der Waals surface area contributed by atoms with Crippen molar-refractivity contribution in [2.24, 2.45) is 0 Å². The highest BCUT2D eigenvalue weighted by Crippen LogP contribution is 2.44. The lowest BCUT2D eigenvalue weighted by molar-refractivity contribution is -0.137. The van der Waals surface area contributed by atoms with Crippen molar-refractivity contribution in [3.63, 3.8) is 0 Å². The molecule has 3 aromatic rings. The summed E-state index contributed by atoms with van der Waals surface area (Å²) in [6.07, 6.45) is 0.645. The summed E-state index contributed by atoms with van der Waals surface area (Å²) in [5, 5.41) is 14.2. The molecule has 0 spiro atoms. The molecule has 0 aromatic heterocycles. The number of fused-ring (bicyclic) bond motifs is 3. The summed E-state index contributed by atoms with van der Waals surface area (Å²) in [6, 6.07) is 21.3. The van der Waals surface area contributed by atoms with E-state index in [0.717, 1.165) is 16.7 Å². The molecule has 0 bridgehead atoms. The highest BCUT2D eigenvalue weighted by molar-refractivity contribution is 5.95. The van der Waals surface area contributed by atoms with Crippen molar-refractivity contribution in [3.8, 4) is 11.1 Å². The van der Waals surface area contributed by atoms with Gasteiger partial charge in [-0.1, -0.05) is 48.5 Å². The molecule has 1 aliphatic rings. The number of anilines is 1. The number of carbonyl (C=O) groups excluding carboxylic acids is 2. The maximum absolute atomic E-state index is 12.6. The van der Waals surface area contributed by atoms with E-state index in [9.17, 15) is 14.4 Å². The van der Waals surface area contributed by atoms with Crippen molar-refractivity contribution < 1.29 is 24.2 Å². The number of ether oxygens (including phenoxy) is 1. The maximum atomic E-state index is 12.6. The van der Waals surface area contributed by atoms with E-state index >= 15 is 0 Å². The quantitative estimate of drug-likeness (QED) is 0.365. The summed E-state index contributed by atoms with van der Waals surface area (Å²) in [5.41, 5.74) is 6.41. The molecule has 0 heterocycles. The fourth-order valence-electron chi connectivity index (χ4n) is 4.39. The Labute approximate surface area is 204 Å². The predicted octanol–water partition coefficient (Wildman–Crippen LogP) is 5.34. The van der Waals surface area contributed by atoms with Crippen LogP contribution in [0.4, 0.5) is 10.5 Å². The van der Waals surface area contributed by atoms with Crippen LogP contribution < -0.4 is 10.6 Å². The fraction of sp³-hybridized carbons (Fsp3) is 0.250. The number of hydrogen-bond donors (Lipinski definition) is 3. The Morgan fingerprint density at radius 3 is 2.20 bits per heavy atom. The molecule has 0 radical (unpaired) electrons. The Kier molecular flexibility index (Phi) is 7.45. The van der Waals surface area contributed by atoms with E-state index < -0.39 is 12.1 Å². The number of rotatable bonds is 9. The van der Waals surface area contributed by atoms with Gasteiger partial charge in [-0.15, -0.1) is 0 Å². The fourth-order valence-corrected chi connectivity index (χ4v) is 4.39. The van der Waals surface area contributed by atoms with Crippen LogP contribution in [0.1, 0.15) is 52.2 Å². The second-order valence-corrected chi connectivity index (χ2v) is 8.59. The number of amides is 2. The number of aliphatic carboxylic acids is 1. The van der Waals surface area contributed by atoms with E-state index in [1.807, 2.05) is 31.2 Å². The monoisotopic (exact) mass is 472 g/mol. The van der Waals surface area contributed by atoms with Gasteiger partial charge in [0.15, 0.2) is 0 Å². The third-order valence-electron chi connectivity index (χ3n) is 6.17. The zero-order valence-corrected chi connectivity index (χ0v) is 19.5. The Morgan fingerprint density at radius 2 is 1.57 bits per heavy atom. The van der Waals surface area contributed by atoms with Crippen LogP contribution in [0.25, 0.3) is 11.1 Å². The lowest BCUT2D eigenvalue weighted by Gasteiger charge is -2.15. The Bertz CT molecular complexity index is 1210. The zero-order chi connectivity index (χ0) is 24.8. The number of aryl methyl sites for hydroxylation is 1. The Hall–Kier alpha value is -4.13. The van der Waals surface area contributed by atoms with Crippen LogP contribution in [0.3, 0.4) is 0 Å². The number of carboxylic acids is 1. The number of benzene rings is 3. The van der Waals surface area contributed by atoms with Crippen LogP contribution in [-0.4, -0.2) is 36.2 Å². The van der Waals surface area contributed by atoms with Crippen LogP contribution in [0.2, 0.25) is 0 Å². The predicted molar refractivity (Wildman–Crippen MR) is 134 cm³/mol. The van der Waals surface area contributed by atoms with E-state index in [1.54, 1.807) is 18.2 Å². The normalized spacial score (nSPS) is 11.9. The molecular formula is C28H28N2O5. The Balaban J connectivity index is 1.32. The highest BCUT2D eigenvalue weighted by atomic mass is 16.5. The van der Waals surface area contributed by atoms with E-state index in [0.29, 0.717) is 30.6 Å². The minimum atomic E-state index is -0.841. The minimum Gasteiger partial charge on any atom is -0.481 e. The molecule has 2 amide bonds. The SMILES string of the molecule is Cc1cc(C(=O)NCCCCC(=O)O)ccc1NC(=O)OCC1c2ccccc2-c2ccccc21. The van der Waals surface area contributed by atoms with Crippen molar-refractivity contribution in [1.29, 1.82) is 0 Å². The van der Waals surface area contributed by atoms with Gasteiger partial charge in [-0.25, -0.2) is 4.79 Å². The smallest absolute Gasteiger partial charge is 0.411 e. The van der Waals surface area contributed by atoms with Gasteiger partial charge in [-0.2, -0.15) is 0 Å². The third-order valence-corrected chi connectivity index (χ3v) is 6.17. The van der Waals surface area contributed by atoms with Gasteiger partial charge in [-0.05, 0) is 65.8 Å². The second kappa shape index (κ2) is 10.9. The molecule has 0 unspecified atom stereocenters. The third kappa shape index (κ3) is 5.69. The number of carbonyl (C=O) groups is 3. The summed E-state index contributed by atoms with van der Waals surface area (Å²) >= 11 is 0. The Morgan fingerprint density at radius 1 is 0.914 bits per heavy atom. The number of carboxylic acid groups (broad SMARTS) is 1. The molecule has 7 nitrogen and oxygen atoms in total. The van der Waals surface area contributed by atoms with Crippen molar-refractivity contribution in [2.75, 3.05) is 18.5 Å². The molecule has 35 heavy (non-hydrogen) atoms. The molecule has 0 atom stereocenters. The molecule has 3 N–H and O–H groups in total. The summed E-state index contributed by atoms with van der Waals surface area (Å²) < 4.78 is 5.60. The van der Waals surface area contributed by atoms with E-state index in [1.165, 1.54) is 11.1 Å². The van der Waals surface area contributed by atoms with Crippen molar-refractivity contribution in [2.45, 2.75) is 32.1 Å². The van der Waals surface area contributed by atoms with E-state index in [-0.39, 0.29) is 24.9 Å². The van der Waals surface area contributed by atoms with Gasteiger partial charge >= 0.3 is 12.1 Å². The largest absolute Gasteiger partial charge is 0.481 e. The molecule has 0 fully saturated rings. The second-order valence-electron chi connectivity index (χ2n) is 8.59. The molecule has 7 heteroatoms.